The van der Waals surface area contributed by atoms with E-state index in [9.17, 15) is 15.2 Å². The molecule has 0 spiro atoms. The van der Waals surface area contributed by atoms with Gasteiger partial charge in [0.2, 0.25) is 11.8 Å². The van der Waals surface area contributed by atoms with E-state index in [1.807, 2.05) is 0 Å². The molecule has 136 valence electrons. The quantitative estimate of drug-likeness (QED) is 0.831. The molecule has 1 saturated carbocycles. The highest BCUT2D eigenvalue weighted by molar-refractivity contribution is 5.96. The molecule has 3 aliphatic rings. The molecule has 0 bridgehead atoms. The summed E-state index contributed by atoms with van der Waals surface area (Å²) < 4.78 is 12.2. The van der Waals surface area contributed by atoms with E-state index in [0.29, 0.717) is 29.2 Å². The number of benzene rings is 1. The molecule has 26 heavy (non-hydrogen) atoms. The van der Waals surface area contributed by atoms with Gasteiger partial charge in [-0.2, -0.15) is 5.26 Å². The van der Waals surface area contributed by atoms with Crippen molar-refractivity contribution in [3.05, 3.63) is 29.3 Å². The minimum atomic E-state index is -1.37. The Morgan fingerprint density at radius 3 is 2.81 bits per heavy atom. The van der Waals surface area contributed by atoms with Gasteiger partial charge in [0, 0.05) is 18.5 Å². The molecule has 0 saturated heterocycles. The Bertz CT molecular complexity index is 868. The summed E-state index contributed by atoms with van der Waals surface area (Å²) in [6.07, 6.45) is -0.0573. The van der Waals surface area contributed by atoms with Crippen LogP contribution in [-0.4, -0.2) is 40.2 Å². The van der Waals surface area contributed by atoms with Gasteiger partial charge in [-0.1, -0.05) is 0 Å². The predicted octanol–water partition coefficient (Wildman–Crippen LogP) is 1.96. The molecular weight excluding hydrogens is 334 g/mol. The highest BCUT2D eigenvalue weighted by Crippen LogP contribution is 2.51. The molecule has 0 radical (unpaired) electrons. The number of rotatable bonds is 1. The molecule has 2 aliphatic heterocycles. The molecule has 2 heterocycles. The number of amides is 1. The smallest absolute Gasteiger partial charge is 0.246 e. The van der Waals surface area contributed by atoms with Crippen molar-refractivity contribution < 1.29 is 19.4 Å². The number of nitriles is 1. The Labute approximate surface area is 151 Å². The summed E-state index contributed by atoms with van der Waals surface area (Å²) >= 11 is 0. The third-order valence-corrected chi connectivity index (χ3v) is 5.75. The minimum absolute atomic E-state index is 0.00594. The maximum absolute atomic E-state index is 12.0. The van der Waals surface area contributed by atoms with Crippen molar-refractivity contribution in [3.8, 4) is 11.8 Å². The lowest BCUT2D eigenvalue weighted by atomic mass is 9.77. The molecule has 4 atom stereocenters. The van der Waals surface area contributed by atoms with Crippen LogP contribution in [0.3, 0.4) is 0 Å². The third-order valence-electron chi connectivity index (χ3n) is 5.75. The largest absolute Gasteiger partial charge is 0.484 e. The molecular formula is C19H21N3O4. The number of hydrogen-bond acceptors (Lipinski definition) is 6. The Morgan fingerprint density at radius 2 is 2.12 bits per heavy atom. The SMILES string of the molecule is CN1N=C(O[C@@H]2c3cc(C#N)ccc3OC(C)(C)[C@]2(C)O)[C@@H]2C[C@@H]2C1=O. The summed E-state index contributed by atoms with van der Waals surface area (Å²) in [5.41, 5.74) is -1.23. The van der Waals surface area contributed by atoms with Crippen LogP contribution in [0.1, 0.15) is 44.4 Å². The van der Waals surface area contributed by atoms with Gasteiger partial charge in [0.15, 0.2) is 6.10 Å². The number of fused-ring (bicyclic) bond motifs is 2. The van der Waals surface area contributed by atoms with E-state index in [4.69, 9.17) is 9.47 Å². The summed E-state index contributed by atoms with van der Waals surface area (Å²) in [6, 6.07) is 7.17. The van der Waals surface area contributed by atoms with Crippen molar-refractivity contribution in [2.24, 2.45) is 16.9 Å². The molecule has 1 N–H and O–H groups in total. The second-order valence-corrected chi connectivity index (χ2v) is 7.87. The van der Waals surface area contributed by atoms with Gasteiger partial charge in [0.25, 0.3) is 0 Å². The van der Waals surface area contributed by atoms with Gasteiger partial charge in [-0.25, -0.2) is 5.01 Å². The zero-order chi connectivity index (χ0) is 18.9. The zero-order valence-corrected chi connectivity index (χ0v) is 15.2. The summed E-state index contributed by atoms with van der Waals surface area (Å²) in [5, 5.41) is 26.1. The molecule has 1 aliphatic carbocycles. The van der Waals surface area contributed by atoms with Gasteiger partial charge in [-0.05, 0) is 45.4 Å². The summed E-state index contributed by atoms with van der Waals surface area (Å²) in [6.45, 7) is 5.24. The van der Waals surface area contributed by atoms with Crippen LogP contribution < -0.4 is 4.74 Å². The van der Waals surface area contributed by atoms with Gasteiger partial charge in [0.1, 0.15) is 17.0 Å². The van der Waals surface area contributed by atoms with E-state index in [-0.39, 0.29) is 17.7 Å². The minimum Gasteiger partial charge on any atom is -0.484 e. The lowest BCUT2D eigenvalue weighted by molar-refractivity contribution is -0.179. The fraction of sp³-hybridized carbons (Fsp3) is 0.526. The van der Waals surface area contributed by atoms with Crippen LogP contribution in [0.2, 0.25) is 0 Å². The number of carbonyl (C=O) groups is 1. The standard InChI is InChI=1S/C19H21N3O4/c1-18(2)19(3,24)15(13-7-10(9-20)5-6-14(13)26-18)25-16-11-8-12(11)17(23)22(4)21-16/h5-7,11-12,15,24H,8H2,1-4H3/t11-,12+,15-,19-/m1/s1. The van der Waals surface area contributed by atoms with E-state index in [1.165, 1.54) is 5.01 Å². The van der Waals surface area contributed by atoms with Crippen LogP contribution in [-0.2, 0) is 9.53 Å². The van der Waals surface area contributed by atoms with Gasteiger partial charge >= 0.3 is 0 Å². The van der Waals surface area contributed by atoms with Crippen LogP contribution in [0.25, 0.3) is 0 Å². The molecule has 0 unspecified atom stereocenters. The second kappa shape index (κ2) is 5.21. The van der Waals surface area contributed by atoms with Crippen molar-refractivity contribution in [2.45, 2.75) is 44.5 Å². The van der Waals surface area contributed by atoms with Crippen molar-refractivity contribution in [1.82, 2.24) is 5.01 Å². The van der Waals surface area contributed by atoms with E-state index >= 15 is 0 Å². The van der Waals surface area contributed by atoms with E-state index in [0.717, 1.165) is 0 Å². The monoisotopic (exact) mass is 355 g/mol. The predicted molar refractivity (Wildman–Crippen MR) is 92.1 cm³/mol. The van der Waals surface area contributed by atoms with E-state index < -0.39 is 17.3 Å². The van der Waals surface area contributed by atoms with Crippen molar-refractivity contribution in [3.63, 3.8) is 0 Å². The summed E-state index contributed by atoms with van der Waals surface area (Å²) in [4.78, 5) is 12.0. The lowest BCUT2D eigenvalue weighted by Gasteiger charge is -2.49. The van der Waals surface area contributed by atoms with Crippen molar-refractivity contribution in [2.75, 3.05) is 7.05 Å². The summed E-state index contributed by atoms with van der Waals surface area (Å²) in [7, 11) is 1.61. The van der Waals surface area contributed by atoms with Crippen LogP contribution in [0.4, 0.5) is 0 Å². The van der Waals surface area contributed by atoms with Crippen LogP contribution >= 0.6 is 0 Å². The van der Waals surface area contributed by atoms with E-state index in [2.05, 4.69) is 11.2 Å². The molecule has 1 aromatic rings. The van der Waals surface area contributed by atoms with Gasteiger partial charge in [-0.15, -0.1) is 5.10 Å². The van der Waals surface area contributed by atoms with Crippen LogP contribution in [0.5, 0.6) is 5.75 Å². The fourth-order valence-corrected chi connectivity index (χ4v) is 3.57. The second-order valence-electron chi connectivity index (χ2n) is 7.87. The normalized spacial score (nSPS) is 34.0. The Kier molecular flexibility index (Phi) is 3.38. The molecule has 1 fully saturated rings. The molecule has 0 aromatic heterocycles. The third kappa shape index (κ3) is 2.29. The van der Waals surface area contributed by atoms with Crippen molar-refractivity contribution in [1.29, 1.82) is 5.26 Å². The molecule has 4 rings (SSSR count). The van der Waals surface area contributed by atoms with Gasteiger partial charge in [-0.3, -0.25) is 4.79 Å². The average Bonchev–Trinajstić information content (AvgIpc) is 3.37. The molecule has 7 heteroatoms. The first kappa shape index (κ1) is 16.9. The molecule has 1 aromatic carbocycles. The zero-order valence-electron chi connectivity index (χ0n) is 15.2. The van der Waals surface area contributed by atoms with Crippen molar-refractivity contribution >= 4 is 11.8 Å². The van der Waals surface area contributed by atoms with Crippen LogP contribution in [0, 0.1) is 23.2 Å². The first-order valence-electron chi connectivity index (χ1n) is 8.64. The lowest BCUT2D eigenvalue weighted by Crippen LogP contribution is -2.59. The number of hydrazone groups is 1. The molecule has 7 nitrogen and oxygen atoms in total. The first-order chi connectivity index (χ1) is 12.2. The number of carbonyl (C=O) groups excluding carboxylic acids is 1. The Morgan fingerprint density at radius 1 is 1.38 bits per heavy atom. The van der Waals surface area contributed by atoms with Gasteiger partial charge < -0.3 is 14.6 Å². The molecule has 1 amide bonds. The Balaban J connectivity index is 1.77. The highest BCUT2D eigenvalue weighted by atomic mass is 16.6. The number of hydrogen-bond donors (Lipinski definition) is 1. The van der Waals surface area contributed by atoms with E-state index in [1.54, 1.807) is 46.0 Å². The Hall–Kier alpha value is -2.59. The maximum atomic E-state index is 12.0. The average molecular weight is 355 g/mol. The van der Waals surface area contributed by atoms with Gasteiger partial charge in [0.05, 0.1) is 17.6 Å². The fourth-order valence-electron chi connectivity index (χ4n) is 3.57. The maximum Gasteiger partial charge on any atom is 0.246 e. The number of nitrogens with zero attached hydrogens (tertiary/aromatic N) is 3. The summed E-state index contributed by atoms with van der Waals surface area (Å²) in [5.74, 6) is 0.888. The topological polar surface area (TPSA) is 95.2 Å². The number of aliphatic hydroxyl groups is 1. The highest BCUT2D eigenvalue weighted by Gasteiger charge is 2.57. The first-order valence-corrected chi connectivity index (χ1v) is 8.64. The number of ether oxygens (including phenoxy) is 2. The van der Waals surface area contributed by atoms with Crippen LogP contribution in [0.15, 0.2) is 23.3 Å².